The number of aromatic carboxylic acids is 1. The molecule has 0 aliphatic heterocycles. The molecule has 8 heteroatoms. The summed E-state index contributed by atoms with van der Waals surface area (Å²) in [6, 6.07) is 10.6. The number of carboxylic acids is 3. The molecular weight excluding hydrogens is 366 g/mol. The van der Waals surface area contributed by atoms with E-state index < -0.39 is 29.9 Å². The van der Waals surface area contributed by atoms with Crippen molar-refractivity contribution in [2.45, 2.75) is 25.3 Å². The normalized spacial score (nSPS) is 11.4. The molecule has 0 aliphatic rings. The zero-order valence-corrected chi connectivity index (χ0v) is 14.8. The molecule has 1 unspecified atom stereocenters. The lowest BCUT2D eigenvalue weighted by Crippen LogP contribution is -2.34. The van der Waals surface area contributed by atoms with E-state index in [1.165, 1.54) is 30.3 Å². The van der Waals surface area contributed by atoms with Crippen LogP contribution in [0.25, 0.3) is 0 Å². The van der Waals surface area contributed by atoms with E-state index in [-0.39, 0.29) is 36.0 Å². The molecule has 1 atom stereocenters. The van der Waals surface area contributed by atoms with Crippen molar-refractivity contribution in [3.05, 3.63) is 70.8 Å². The molecule has 0 spiro atoms. The van der Waals surface area contributed by atoms with Crippen molar-refractivity contribution in [2.24, 2.45) is 0 Å². The summed E-state index contributed by atoms with van der Waals surface area (Å²) in [7, 11) is 0. The van der Waals surface area contributed by atoms with E-state index in [1.807, 2.05) is 0 Å². The number of hydrogen-bond donors (Lipinski definition) is 4. The summed E-state index contributed by atoms with van der Waals surface area (Å²) < 4.78 is 0. The lowest BCUT2D eigenvalue weighted by Gasteiger charge is -2.19. The maximum atomic E-state index is 12.4. The van der Waals surface area contributed by atoms with Crippen molar-refractivity contribution in [1.82, 2.24) is 5.32 Å². The second-order valence-electron chi connectivity index (χ2n) is 6.08. The van der Waals surface area contributed by atoms with Crippen molar-refractivity contribution in [1.29, 1.82) is 0 Å². The maximum Gasteiger partial charge on any atom is 0.335 e. The van der Waals surface area contributed by atoms with Gasteiger partial charge < -0.3 is 20.6 Å². The Morgan fingerprint density at radius 2 is 1.57 bits per heavy atom. The first-order valence-electron chi connectivity index (χ1n) is 8.46. The van der Waals surface area contributed by atoms with Gasteiger partial charge in [-0.1, -0.05) is 24.3 Å². The van der Waals surface area contributed by atoms with E-state index in [9.17, 15) is 29.4 Å². The molecule has 0 saturated carbocycles. The zero-order chi connectivity index (χ0) is 20.7. The molecule has 0 fully saturated rings. The molecule has 28 heavy (non-hydrogen) atoms. The topological polar surface area (TPSA) is 141 Å². The van der Waals surface area contributed by atoms with Gasteiger partial charge in [0.1, 0.15) is 0 Å². The van der Waals surface area contributed by atoms with Crippen LogP contribution in [0.1, 0.15) is 50.7 Å². The predicted molar refractivity (Wildman–Crippen MR) is 98.3 cm³/mol. The number of aliphatic carboxylic acids is 2. The van der Waals surface area contributed by atoms with Crippen LogP contribution in [0.4, 0.5) is 0 Å². The van der Waals surface area contributed by atoms with Crippen LogP contribution in [0.5, 0.6) is 0 Å². The molecule has 0 heterocycles. The van der Waals surface area contributed by atoms with Crippen molar-refractivity contribution >= 4 is 23.8 Å². The van der Waals surface area contributed by atoms with E-state index in [2.05, 4.69) is 5.32 Å². The second-order valence-corrected chi connectivity index (χ2v) is 6.08. The number of hydrogen-bond acceptors (Lipinski definition) is 4. The Morgan fingerprint density at radius 3 is 2.14 bits per heavy atom. The van der Waals surface area contributed by atoms with Crippen LogP contribution in [0, 0.1) is 0 Å². The first kappa shape index (κ1) is 20.6. The number of carboxylic acid groups (broad SMARTS) is 3. The molecule has 0 bridgehead atoms. The molecule has 4 N–H and O–H groups in total. The third-order valence-corrected chi connectivity index (χ3v) is 4.10. The molecule has 0 radical (unpaired) electrons. The van der Waals surface area contributed by atoms with Crippen LogP contribution < -0.4 is 5.32 Å². The zero-order valence-electron chi connectivity index (χ0n) is 14.8. The number of carbonyl (C=O) groups is 4. The summed E-state index contributed by atoms with van der Waals surface area (Å²) >= 11 is 0. The molecule has 2 aromatic rings. The molecule has 8 nitrogen and oxygen atoms in total. The van der Waals surface area contributed by atoms with Crippen LogP contribution in [-0.2, 0) is 16.0 Å². The number of rotatable bonds is 9. The number of aryl methyl sites for hydroxylation is 1. The van der Waals surface area contributed by atoms with Crippen LogP contribution in [-0.4, -0.2) is 39.1 Å². The summed E-state index contributed by atoms with van der Waals surface area (Å²) in [5.74, 6) is -4.10. The third kappa shape index (κ3) is 5.41. The highest BCUT2D eigenvalue weighted by atomic mass is 16.4. The average molecular weight is 385 g/mol. The monoisotopic (exact) mass is 385 g/mol. The van der Waals surface area contributed by atoms with Gasteiger partial charge in [-0.15, -0.1) is 0 Å². The highest BCUT2D eigenvalue weighted by Gasteiger charge is 2.26. The lowest BCUT2D eigenvalue weighted by atomic mass is 9.94. The fourth-order valence-corrected chi connectivity index (χ4v) is 2.74. The minimum Gasteiger partial charge on any atom is -0.481 e. The van der Waals surface area contributed by atoms with Gasteiger partial charge in [0.05, 0.1) is 5.56 Å². The largest absolute Gasteiger partial charge is 0.481 e. The van der Waals surface area contributed by atoms with Gasteiger partial charge in [-0.05, 0) is 48.2 Å². The van der Waals surface area contributed by atoms with E-state index in [0.717, 1.165) is 0 Å². The Labute approximate surface area is 160 Å². The molecule has 0 saturated heterocycles. The Hall–Kier alpha value is -3.68. The number of benzene rings is 2. The maximum absolute atomic E-state index is 12.4. The molecule has 146 valence electrons. The minimum absolute atomic E-state index is 0.0485. The quantitative estimate of drug-likeness (QED) is 0.519. The van der Waals surface area contributed by atoms with Gasteiger partial charge in [0, 0.05) is 12.0 Å². The van der Waals surface area contributed by atoms with Crippen LogP contribution in [0.15, 0.2) is 48.5 Å². The highest BCUT2D eigenvalue weighted by Crippen LogP contribution is 2.23. The van der Waals surface area contributed by atoms with Gasteiger partial charge in [-0.3, -0.25) is 9.59 Å². The van der Waals surface area contributed by atoms with Crippen LogP contribution >= 0.6 is 0 Å². The minimum atomic E-state index is -1.41. The van der Waals surface area contributed by atoms with Gasteiger partial charge >= 0.3 is 17.9 Å². The summed E-state index contributed by atoms with van der Waals surface area (Å²) in [5.41, 5.74) is 0.810. The summed E-state index contributed by atoms with van der Waals surface area (Å²) in [6.45, 7) is 0. The molecular formula is C20H19NO7. The van der Waals surface area contributed by atoms with Gasteiger partial charge in [-0.25, -0.2) is 9.59 Å². The van der Waals surface area contributed by atoms with Gasteiger partial charge in [0.25, 0.3) is 5.91 Å². The van der Waals surface area contributed by atoms with Crippen molar-refractivity contribution in [3.8, 4) is 0 Å². The van der Waals surface area contributed by atoms with Crippen molar-refractivity contribution in [3.63, 3.8) is 0 Å². The SMILES string of the molecule is O=C(O)CCCc1cc(C(=O)O)ccc1C(NC(=O)c1ccccc1)C(=O)O. The van der Waals surface area contributed by atoms with E-state index in [4.69, 9.17) is 5.11 Å². The van der Waals surface area contributed by atoms with E-state index in [1.54, 1.807) is 18.2 Å². The Balaban J connectivity index is 2.35. The molecule has 2 aromatic carbocycles. The van der Waals surface area contributed by atoms with Crippen LogP contribution in [0.2, 0.25) is 0 Å². The van der Waals surface area contributed by atoms with Gasteiger partial charge in [0.2, 0.25) is 0 Å². The Bertz CT molecular complexity index is 893. The van der Waals surface area contributed by atoms with E-state index in [0.29, 0.717) is 5.56 Å². The number of carbonyl (C=O) groups excluding carboxylic acids is 1. The fourth-order valence-electron chi connectivity index (χ4n) is 2.74. The fraction of sp³-hybridized carbons (Fsp3) is 0.200. The highest BCUT2D eigenvalue weighted by molar-refractivity contribution is 5.97. The van der Waals surface area contributed by atoms with Crippen LogP contribution in [0.3, 0.4) is 0 Å². The molecule has 0 aromatic heterocycles. The number of nitrogens with one attached hydrogen (secondary N) is 1. The van der Waals surface area contributed by atoms with Crippen molar-refractivity contribution in [2.75, 3.05) is 0 Å². The third-order valence-electron chi connectivity index (χ3n) is 4.10. The summed E-state index contributed by atoms with van der Waals surface area (Å²) in [6.07, 6.45) is 0.211. The average Bonchev–Trinajstić information content (AvgIpc) is 2.66. The summed E-state index contributed by atoms with van der Waals surface area (Å²) in [4.78, 5) is 46.2. The smallest absolute Gasteiger partial charge is 0.335 e. The first-order chi connectivity index (χ1) is 13.3. The standard InChI is InChI=1S/C20H19NO7/c22-16(23)8-4-7-13-11-14(19(25)26)9-10-15(13)17(20(27)28)21-18(24)12-5-2-1-3-6-12/h1-3,5-6,9-11,17H,4,7-8H2,(H,21,24)(H,22,23)(H,25,26)(H,27,28). The molecule has 2 rings (SSSR count). The summed E-state index contributed by atoms with van der Waals surface area (Å²) in [5, 5.41) is 30.0. The van der Waals surface area contributed by atoms with Crippen molar-refractivity contribution < 1.29 is 34.5 Å². The molecule has 0 aliphatic carbocycles. The Kier molecular flexibility index (Phi) is 6.86. The molecule has 1 amide bonds. The second kappa shape index (κ2) is 9.31. The first-order valence-corrected chi connectivity index (χ1v) is 8.46. The van der Waals surface area contributed by atoms with Gasteiger partial charge in [-0.2, -0.15) is 0 Å². The van der Waals surface area contributed by atoms with E-state index >= 15 is 0 Å². The lowest BCUT2D eigenvalue weighted by molar-refractivity contribution is -0.139. The Morgan fingerprint density at radius 1 is 0.893 bits per heavy atom. The van der Waals surface area contributed by atoms with Gasteiger partial charge in [0.15, 0.2) is 6.04 Å². The number of amides is 1. The predicted octanol–water partition coefficient (Wildman–Crippen LogP) is 2.35.